The molecular weight excluding hydrogens is 420 g/mol. The number of anilines is 1. The predicted molar refractivity (Wildman–Crippen MR) is 122 cm³/mol. The maximum absolute atomic E-state index is 12.6. The van der Waals surface area contributed by atoms with Crippen molar-refractivity contribution in [1.82, 2.24) is 14.8 Å². The summed E-state index contributed by atoms with van der Waals surface area (Å²) in [7, 11) is 3.13. The highest BCUT2D eigenvalue weighted by Gasteiger charge is 2.18. The second kappa shape index (κ2) is 9.82. The molecule has 0 radical (unpaired) electrons. The van der Waals surface area contributed by atoms with Crippen molar-refractivity contribution in [3.05, 3.63) is 46.7 Å². The Morgan fingerprint density at radius 3 is 2.73 bits per heavy atom. The Hall–Kier alpha value is -2.78. The summed E-state index contributed by atoms with van der Waals surface area (Å²) in [4.78, 5) is 13.8. The van der Waals surface area contributed by atoms with Gasteiger partial charge < -0.3 is 14.8 Å². The van der Waals surface area contributed by atoms with Crippen LogP contribution in [-0.2, 0) is 11.3 Å². The number of thiophene rings is 1. The third-order valence-electron chi connectivity index (χ3n) is 4.57. The fourth-order valence-electron chi connectivity index (χ4n) is 2.85. The molecule has 0 aliphatic rings. The van der Waals surface area contributed by atoms with E-state index in [9.17, 15) is 4.79 Å². The molecule has 0 aliphatic carbocycles. The van der Waals surface area contributed by atoms with Crippen LogP contribution in [0.15, 0.2) is 41.4 Å². The Morgan fingerprint density at radius 2 is 2.10 bits per heavy atom. The molecule has 0 aliphatic heterocycles. The number of nitrogens with zero attached hydrogens (tertiary/aromatic N) is 3. The summed E-state index contributed by atoms with van der Waals surface area (Å²) in [6.07, 6.45) is 1.80. The number of methoxy groups -OCH3 is 2. The highest BCUT2D eigenvalue weighted by molar-refractivity contribution is 7.99. The standard InChI is InChI=1S/C21H24N4O3S2/c1-6-9-25-20(16-11-29-14(3)13(16)2)23-24-21(25)30-12-19(26)22-17-10-15(27-4)7-8-18(17)28-5/h6-8,10-11H,1,9,12H2,2-5H3,(H,22,26). The van der Waals surface area contributed by atoms with E-state index in [4.69, 9.17) is 9.47 Å². The highest BCUT2D eigenvalue weighted by atomic mass is 32.2. The highest BCUT2D eigenvalue weighted by Crippen LogP contribution is 2.32. The number of aryl methyl sites for hydroxylation is 1. The fraction of sp³-hybridized carbons (Fsp3) is 0.286. The van der Waals surface area contributed by atoms with Gasteiger partial charge >= 0.3 is 0 Å². The van der Waals surface area contributed by atoms with Crippen LogP contribution in [0.2, 0.25) is 0 Å². The molecule has 9 heteroatoms. The van der Waals surface area contributed by atoms with Gasteiger partial charge in [0.05, 0.1) is 25.7 Å². The molecule has 30 heavy (non-hydrogen) atoms. The number of hydrogen-bond acceptors (Lipinski definition) is 7. The van der Waals surface area contributed by atoms with Gasteiger partial charge in [0.1, 0.15) is 11.5 Å². The molecule has 1 N–H and O–H groups in total. The summed E-state index contributed by atoms with van der Waals surface area (Å²) in [5, 5.41) is 14.3. The summed E-state index contributed by atoms with van der Waals surface area (Å²) in [6.45, 7) is 8.56. The smallest absolute Gasteiger partial charge is 0.234 e. The first-order chi connectivity index (χ1) is 14.5. The van der Waals surface area contributed by atoms with Crippen LogP contribution >= 0.6 is 23.1 Å². The second-order valence-corrected chi connectivity index (χ2v) is 8.47. The van der Waals surface area contributed by atoms with Crippen LogP contribution in [0.4, 0.5) is 5.69 Å². The minimum Gasteiger partial charge on any atom is -0.497 e. The van der Waals surface area contributed by atoms with E-state index in [1.165, 1.54) is 22.2 Å². The van der Waals surface area contributed by atoms with Gasteiger partial charge in [-0.25, -0.2) is 0 Å². The van der Waals surface area contributed by atoms with Gasteiger partial charge in [-0.2, -0.15) is 0 Å². The number of amides is 1. The first kappa shape index (κ1) is 21.9. The van der Waals surface area contributed by atoms with Crippen LogP contribution in [0.3, 0.4) is 0 Å². The SMILES string of the molecule is C=CCn1c(SCC(=O)Nc2cc(OC)ccc2OC)nnc1-c1csc(C)c1C. The molecule has 0 saturated carbocycles. The van der Waals surface area contributed by atoms with Crippen molar-refractivity contribution in [2.75, 3.05) is 25.3 Å². The molecule has 0 atom stereocenters. The summed E-state index contributed by atoms with van der Waals surface area (Å²) < 4.78 is 12.5. The number of carbonyl (C=O) groups is 1. The Balaban J connectivity index is 1.75. The van der Waals surface area contributed by atoms with Crippen molar-refractivity contribution in [3.63, 3.8) is 0 Å². The monoisotopic (exact) mass is 444 g/mol. The lowest BCUT2D eigenvalue weighted by Gasteiger charge is -2.12. The van der Waals surface area contributed by atoms with Crippen molar-refractivity contribution in [3.8, 4) is 22.9 Å². The van der Waals surface area contributed by atoms with E-state index < -0.39 is 0 Å². The number of carbonyl (C=O) groups excluding carboxylic acids is 1. The molecule has 3 aromatic rings. The molecule has 0 saturated heterocycles. The third-order valence-corrected chi connectivity index (χ3v) is 6.55. The van der Waals surface area contributed by atoms with Gasteiger partial charge in [0.15, 0.2) is 11.0 Å². The van der Waals surface area contributed by atoms with E-state index in [2.05, 4.69) is 41.3 Å². The maximum atomic E-state index is 12.6. The Morgan fingerprint density at radius 1 is 1.30 bits per heavy atom. The fourth-order valence-corrected chi connectivity index (χ4v) is 4.46. The summed E-state index contributed by atoms with van der Waals surface area (Å²) in [5.41, 5.74) is 2.81. The number of nitrogens with one attached hydrogen (secondary N) is 1. The molecular formula is C21H24N4O3S2. The van der Waals surface area contributed by atoms with Gasteiger partial charge in [-0.1, -0.05) is 17.8 Å². The zero-order valence-corrected chi connectivity index (χ0v) is 19.0. The lowest BCUT2D eigenvalue weighted by atomic mass is 10.1. The summed E-state index contributed by atoms with van der Waals surface area (Å²) >= 11 is 3.01. The number of benzene rings is 1. The molecule has 158 valence electrons. The van der Waals surface area contributed by atoms with Gasteiger partial charge in [0, 0.05) is 28.4 Å². The van der Waals surface area contributed by atoms with Crippen LogP contribution in [0.1, 0.15) is 10.4 Å². The topological polar surface area (TPSA) is 78.3 Å². The lowest BCUT2D eigenvalue weighted by Crippen LogP contribution is -2.15. The predicted octanol–water partition coefficient (Wildman–Crippen LogP) is 4.56. The van der Waals surface area contributed by atoms with E-state index in [1.54, 1.807) is 49.8 Å². The van der Waals surface area contributed by atoms with Crippen molar-refractivity contribution in [1.29, 1.82) is 0 Å². The van der Waals surface area contributed by atoms with Crippen LogP contribution < -0.4 is 14.8 Å². The number of allylic oxidation sites excluding steroid dienone is 1. The minimum atomic E-state index is -0.177. The number of ether oxygens (including phenoxy) is 2. The molecule has 1 aromatic carbocycles. The molecule has 2 aromatic heterocycles. The molecule has 0 fully saturated rings. The van der Waals surface area contributed by atoms with Gasteiger partial charge in [-0.05, 0) is 31.5 Å². The van der Waals surface area contributed by atoms with E-state index >= 15 is 0 Å². The molecule has 0 spiro atoms. The first-order valence-corrected chi connectivity index (χ1v) is 11.1. The first-order valence-electron chi connectivity index (χ1n) is 9.22. The molecule has 7 nitrogen and oxygen atoms in total. The van der Waals surface area contributed by atoms with Gasteiger partial charge in [-0.15, -0.1) is 28.1 Å². The summed E-state index contributed by atoms with van der Waals surface area (Å²) in [5.74, 6) is 1.99. The molecule has 1 amide bonds. The second-order valence-electron chi connectivity index (χ2n) is 6.44. The number of rotatable bonds is 9. The van der Waals surface area contributed by atoms with Crippen molar-refractivity contribution < 1.29 is 14.3 Å². The molecule has 2 heterocycles. The maximum Gasteiger partial charge on any atom is 0.234 e. The van der Waals surface area contributed by atoms with Gasteiger partial charge in [-0.3, -0.25) is 9.36 Å². The van der Waals surface area contributed by atoms with Crippen molar-refractivity contribution >= 4 is 34.7 Å². The molecule has 0 bridgehead atoms. The van der Waals surface area contributed by atoms with E-state index in [1.807, 2.05) is 4.57 Å². The normalized spacial score (nSPS) is 10.7. The van der Waals surface area contributed by atoms with Crippen LogP contribution in [0, 0.1) is 13.8 Å². The van der Waals surface area contributed by atoms with Crippen molar-refractivity contribution in [2.45, 2.75) is 25.5 Å². The van der Waals surface area contributed by atoms with Crippen LogP contribution in [0.25, 0.3) is 11.4 Å². The largest absolute Gasteiger partial charge is 0.497 e. The van der Waals surface area contributed by atoms with E-state index in [-0.39, 0.29) is 11.7 Å². The quantitative estimate of drug-likeness (QED) is 0.385. The average Bonchev–Trinajstić information content (AvgIpc) is 3.29. The van der Waals surface area contributed by atoms with Crippen LogP contribution in [0.5, 0.6) is 11.5 Å². The zero-order chi connectivity index (χ0) is 21.7. The third kappa shape index (κ3) is 4.68. The summed E-state index contributed by atoms with van der Waals surface area (Å²) in [6, 6.07) is 5.25. The van der Waals surface area contributed by atoms with Crippen LogP contribution in [-0.4, -0.2) is 40.6 Å². The average molecular weight is 445 g/mol. The van der Waals surface area contributed by atoms with E-state index in [0.717, 1.165) is 11.4 Å². The van der Waals surface area contributed by atoms with Gasteiger partial charge in [0.2, 0.25) is 5.91 Å². The lowest BCUT2D eigenvalue weighted by molar-refractivity contribution is -0.113. The molecule has 0 unspecified atom stereocenters. The minimum absolute atomic E-state index is 0.177. The van der Waals surface area contributed by atoms with Gasteiger partial charge in [0.25, 0.3) is 0 Å². The Bertz CT molecular complexity index is 1060. The number of hydrogen-bond donors (Lipinski definition) is 1. The number of aromatic nitrogens is 3. The zero-order valence-electron chi connectivity index (χ0n) is 17.4. The Kier molecular flexibility index (Phi) is 7.17. The Labute approximate surface area is 184 Å². The van der Waals surface area contributed by atoms with E-state index in [0.29, 0.717) is 28.9 Å². The van der Waals surface area contributed by atoms with Crippen molar-refractivity contribution in [2.24, 2.45) is 0 Å². The number of thioether (sulfide) groups is 1. The molecule has 3 rings (SSSR count).